The van der Waals surface area contributed by atoms with Crippen LogP contribution in [0, 0.1) is 6.92 Å². The molecule has 0 aromatic heterocycles. The van der Waals surface area contributed by atoms with Crippen molar-refractivity contribution in [2.45, 2.75) is 38.0 Å². The average Bonchev–Trinajstić information content (AvgIpc) is 2.98. The second-order valence-corrected chi connectivity index (χ2v) is 7.12. The summed E-state index contributed by atoms with van der Waals surface area (Å²) in [5.41, 5.74) is 3.18. The SMILES string of the molecule is Cc1ccccc1CNc1cc2c(c(C(F)(F)F)c1)N[C@H]1CCNC[C@@H]21. The van der Waals surface area contributed by atoms with Crippen LogP contribution in [-0.4, -0.2) is 19.1 Å². The van der Waals surface area contributed by atoms with Crippen LogP contribution in [0.15, 0.2) is 36.4 Å². The molecule has 2 heterocycles. The van der Waals surface area contributed by atoms with Crippen molar-refractivity contribution in [2.24, 2.45) is 0 Å². The Bertz CT molecular complexity index is 816. The van der Waals surface area contributed by atoms with Gasteiger partial charge in [0.1, 0.15) is 0 Å². The third kappa shape index (κ3) is 3.14. The maximum absolute atomic E-state index is 13.6. The largest absolute Gasteiger partial charge is 0.418 e. The fourth-order valence-corrected chi connectivity index (χ4v) is 3.99. The normalized spacial score (nSPS) is 21.7. The van der Waals surface area contributed by atoms with E-state index < -0.39 is 11.7 Å². The van der Waals surface area contributed by atoms with Crippen LogP contribution >= 0.6 is 0 Å². The second kappa shape index (κ2) is 6.50. The van der Waals surface area contributed by atoms with Crippen LogP contribution in [0.4, 0.5) is 24.5 Å². The van der Waals surface area contributed by atoms with Gasteiger partial charge in [0, 0.05) is 30.7 Å². The van der Waals surface area contributed by atoms with Crippen molar-refractivity contribution in [2.75, 3.05) is 23.7 Å². The Labute approximate surface area is 151 Å². The molecule has 2 aromatic rings. The summed E-state index contributed by atoms with van der Waals surface area (Å²) in [6, 6.07) is 11.1. The molecule has 0 aliphatic carbocycles. The van der Waals surface area contributed by atoms with E-state index in [0.717, 1.165) is 29.7 Å². The average molecular weight is 361 g/mol. The summed E-state index contributed by atoms with van der Waals surface area (Å²) in [7, 11) is 0. The van der Waals surface area contributed by atoms with E-state index in [0.29, 0.717) is 18.8 Å². The van der Waals surface area contributed by atoms with Gasteiger partial charge in [0.2, 0.25) is 0 Å². The maximum atomic E-state index is 13.6. The van der Waals surface area contributed by atoms with E-state index in [-0.39, 0.29) is 17.6 Å². The van der Waals surface area contributed by atoms with E-state index >= 15 is 0 Å². The standard InChI is InChI=1S/C20H22F3N3/c1-12-4-2-3-5-13(12)10-25-14-8-15-16-11-24-7-6-18(16)26-19(15)17(9-14)20(21,22)23/h2-5,8-9,16,18,24-26H,6-7,10-11H2,1H3/t16-,18-/m0/s1. The fourth-order valence-electron chi connectivity index (χ4n) is 3.99. The molecule has 4 rings (SSSR count). The Morgan fingerprint density at radius 3 is 2.77 bits per heavy atom. The minimum atomic E-state index is -4.38. The molecule has 0 spiro atoms. The Hall–Kier alpha value is -2.21. The number of anilines is 2. The summed E-state index contributed by atoms with van der Waals surface area (Å²) in [5.74, 6) is 0.0834. The quantitative estimate of drug-likeness (QED) is 0.754. The predicted molar refractivity (Wildman–Crippen MR) is 97.6 cm³/mol. The van der Waals surface area contributed by atoms with E-state index in [1.807, 2.05) is 37.3 Å². The van der Waals surface area contributed by atoms with Crippen LogP contribution in [0.3, 0.4) is 0 Å². The lowest BCUT2D eigenvalue weighted by molar-refractivity contribution is -0.136. The van der Waals surface area contributed by atoms with Crippen molar-refractivity contribution in [1.82, 2.24) is 5.32 Å². The van der Waals surface area contributed by atoms with Gasteiger partial charge >= 0.3 is 6.18 Å². The van der Waals surface area contributed by atoms with E-state index in [2.05, 4.69) is 16.0 Å². The number of piperidine rings is 1. The van der Waals surface area contributed by atoms with E-state index in [1.165, 1.54) is 6.07 Å². The lowest BCUT2D eigenvalue weighted by Crippen LogP contribution is -2.38. The fraction of sp³-hybridized carbons (Fsp3) is 0.400. The highest BCUT2D eigenvalue weighted by molar-refractivity contribution is 5.71. The molecule has 138 valence electrons. The van der Waals surface area contributed by atoms with E-state index in [1.54, 1.807) is 0 Å². The van der Waals surface area contributed by atoms with Gasteiger partial charge in [-0.15, -0.1) is 0 Å². The summed E-state index contributed by atoms with van der Waals surface area (Å²) in [6.07, 6.45) is -3.54. The van der Waals surface area contributed by atoms with E-state index in [4.69, 9.17) is 0 Å². The van der Waals surface area contributed by atoms with Gasteiger partial charge in [0.15, 0.2) is 0 Å². The smallest absolute Gasteiger partial charge is 0.381 e. The summed E-state index contributed by atoms with van der Waals surface area (Å²) in [6.45, 7) is 4.05. The molecule has 26 heavy (non-hydrogen) atoms. The van der Waals surface area contributed by atoms with Crippen molar-refractivity contribution in [3.05, 3.63) is 58.7 Å². The first-order valence-electron chi connectivity index (χ1n) is 8.94. The molecule has 0 saturated carbocycles. The third-order valence-electron chi connectivity index (χ3n) is 5.43. The molecular weight excluding hydrogens is 339 g/mol. The summed E-state index contributed by atoms with van der Waals surface area (Å²) in [5, 5.41) is 9.62. The number of hydrogen-bond acceptors (Lipinski definition) is 3. The van der Waals surface area contributed by atoms with Crippen molar-refractivity contribution in [1.29, 1.82) is 0 Å². The Kier molecular flexibility index (Phi) is 4.31. The van der Waals surface area contributed by atoms with Crippen LogP contribution in [0.1, 0.15) is 34.6 Å². The molecule has 2 aromatic carbocycles. The van der Waals surface area contributed by atoms with E-state index in [9.17, 15) is 13.2 Å². The van der Waals surface area contributed by atoms with Crippen LogP contribution in [0.25, 0.3) is 0 Å². The molecule has 1 saturated heterocycles. The zero-order chi connectivity index (χ0) is 18.3. The Morgan fingerprint density at radius 2 is 2.00 bits per heavy atom. The monoisotopic (exact) mass is 361 g/mol. The molecule has 3 N–H and O–H groups in total. The van der Waals surface area contributed by atoms with Gasteiger partial charge in [-0.1, -0.05) is 24.3 Å². The highest BCUT2D eigenvalue weighted by atomic mass is 19.4. The molecule has 1 fully saturated rings. The minimum absolute atomic E-state index is 0.0824. The highest BCUT2D eigenvalue weighted by Gasteiger charge is 2.42. The summed E-state index contributed by atoms with van der Waals surface area (Å²) in [4.78, 5) is 0. The first-order chi connectivity index (χ1) is 12.4. The van der Waals surface area contributed by atoms with Gasteiger partial charge < -0.3 is 16.0 Å². The third-order valence-corrected chi connectivity index (χ3v) is 5.43. The number of alkyl halides is 3. The molecule has 0 radical (unpaired) electrons. The first kappa shape index (κ1) is 17.2. The lowest BCUT2D eigenvalue weighted by atomic mass is 9.89. The number of halogens is 3. The molecular formula is C20H22F3N3. The number of nitrogens with one attached hydrogen (secondary N) is 3. The molecule has 6 heteroatoms. The van der Waals surface area contributed by atoms with Gasteiger partial charge in [-0.25, -0.2) is 0 Å². The number of rotatable bonds is 3. The van der Waals surface area contributed by atoms with Crippen LogP contribution < -0.4 is 16.0 Å². The molecule has 2 atom stereocenters. The van der Waals surface area contributed by atoms with Crippen LogP contribution in [0.2, 0.25) is 0 Å². The molecule has 3 nitrogen and oxygen atoms in total. The Balaban J connectivity index is 1.67. The zero-order valence-electron chi connectivity index (χ0n) is 14.6. The van der Waals surface area contributed by atoms with Crippen LogP contribution in [0.5, 0.6) is 0 Å². The topological polar surface area (TPSA) is 36.1 Å². The van der Waals surface area contributed by atoms with Crippen molar-refractivity contribution in [3.63, 3.8) is 0 Å². The predicted octanol–water partition coefficient (Wildman–Crippen LogP) is 4.50. The summed E-state index contributed by atoms with van der Waals surface area (Å²) >= 11 is 0. The summed E-state index contributed by atoms with van der Waals surface area (Å²) < 4.78 is 40.9. The molecule has 0 unspecified atom stereocenters. The van der Waals surface area contributed by atoms with Gasteiger partial charge in [-0.2, -0.15) is 13.2 Å². The lowest BCUT2D eigenvalue weighted by Gasteiger charge is -2.26. The molecule has 2 aliphatic heterocycles. The number of aryl methyl sites for hydroxylation is 1. The zero-order valence-corrected chi connectivity index (χ0v) is 14.6. The molecule has 0 amide bonds. The van der Waals surface area contributed by atoms with Gasteiger partial charge in [0.25, 0.3) is 0 Å². The first-order valence-corrected chi connectivity index (χ1v) is 8.94. The number of hydrogen-bond donors (Lipinski definition) is 3. The van der Waals surface area contributed by atoms with Gasteiger partial charge in [-0.3, -0.25) is 0 Å². The minimum Gasteiger partial charge on any atom is -0.381 e. The van der Waals surface area contributed by atoms with Gasteiger partial charge in [-0.05, 0) is 48.7 Å². The molecule has 2 aliphatic rings. The Morgan fingerprint density at radius 1 is 1.19 bits per heavy atom. The maximum Gasteiger partial charge on any atom is 0.418 e. The highest BCUT2D eigenvalue weighted by Crippen LogP contribution is 2.47. The molecule has 0 bridgehead atoms. The van der Waals surface area contributed by atoms with Crippen molar-refractivity contribution >= 4 is 11.4 Å². The van der Waals surface area contributed by atoms with Gasteiger partial charge in [0.05, 0.1) is 11.3 Å². The second-order valence-electron chi connectivity index (χ2n) is 7.12. The number of fused-ring (bicyclic) bond motifs is 3. The number of benzene rings is 2. The van der Waals surface area contributed by atoms with Crippen molar-refractivity contribution in [3.8, 4) is 0 Å². The van der Waals surface area contributed by atoms with Crippen LogP contribution in [-0.2, 0) is 12.7 Å². The van der Waals surface area contributed by atoms with Crippen molar-refractivity contribution < 1.29 is 13.2 Å².